The summed E-state index contributed by atoms with van der Waals surface area (Å²) in [6, 6.07) is 7.33. The second-order valence-corrected chi connectivity index (χ2v) is 6.70. The fourth-order valence-electron chi connectivity index (χ4n) is 3.16. The predicted octanol–water partition coefficient (Wildman–Crippen LogP) is 1.54. The summed E-state index contributed by atoms with van der Waals surface area (Å²) < 4.78 is 0. The number of hydrazone groups is 1. The van der Waals surface area contributed by atoms with Crippen LogP contribution < -0.4 is 5.32 Å². The van der Waals surface area contributed by atoms with E-state index in [0.29, 0.717) is 30.7 Å². The molecule has 2 aliphatic heterocycles. The van der Waals surface area contributed by atoms with E-state index < -0.39 is 0 Å². The molecule has 1 fully saturated rings. The highest BCUT2D eigenvalue weighted by atomic mass is 16.2. The van der Waals surface area contributed by atoms with E-state index in [4.69, 9.17) is 0 Å². The quantitative estimate of drug-likeness (QED) is 0.888. The van der Waals surface area contributed by atoms with Gasteiger partial charge in [-0.1, -0.05) is 12.1 Å². The lowest BCUT2D eigenvalue weighted by atomic mass is 10.1. The van der Waals surface area contributed by atoms with E-state index in [2.05, 4.69) is 10.4 Å². The van der Waals surface area contributed by atoms with E-state index in [1.807, 2.05) is 29.2 Å². The molecule has 0 saturated carbocycles. The van der Waals surface area contributed by atoms with E-state index in [1.54, 1.807) is 7.05 Å². The number of carbonyl (C=O) groups excluding carboxylic acids is 3. The Balaban J connectivity index is 1.54. The van der Waals surface area contributed by atoms with Gasteiger partial charge in [-0.2, -0.15) is 5.10 Å². The third-order valence-corrected chi connectivity index (χ3v) is 4.77. The molecule has 2 heterocycles. The number of carbonyl (C=O) groups is 3. The largest absolute Gasteiger partial charge is 0.347 e. The van der Waals surface area contributed by atoms with Crippen LogP contribution in [0.3, 0.4) is 0 Å². The van der Waals surface area contributed by atoms with Gasteiger partial charge in [0.2, 0.25) is 5.91 Å². The number of hydrogen-bond acceptors (Lipinski definition) is 4. The van der Waals surface area contributed by atoms with Gasteiger partial charge in [-0.15, -0.1) is 0 Å². The van der Waals surface area contributed by atoms with Crippen LogP contribution in [0.2, 0.25) is 0 Å². The summed E-state index contributed by atoms with van der Waals surface area (Å²) in [6.45, 7) is 2.01. The first-order valence-electron chi connectivity index (χ1n) is 9.05. The number of nitrogens with one attached hydrogen (secondary N) is 1. The molecule has 1 N–H and O–H groups in total. The summed E-state index contributed by atoms with van der Waals surface area (Å²) in [5.74, 6) is -0.280. The fraction of sp³-hybridized carbons (Fsp3) is 0.474. The Morgan fingerprint density at radius 3 is 2.42 bits per heavy atom. The van der Waals surface area contributed by atoms with Crippen LogP contribution in [-0.4, -0.2) is 53.5 Å². The van der Waals surface area contributed by atoms with Gasteiger partial charge in [-0.3, -0.25) is 14.4 Å². The van der Waals surface area contributed by atoms with Crippen molar-refractivity contribution >= 4 is 23.4 Å². The van der Waals surface area contributed by atoms with Crippen LogP contribution in [0, 0.1) is 0 Å². The molecule has 0 unspecified atom stereocenters. The molecule has 3 rings (SSSR count). The maximum absolute atomic E-state index is 12.4. The van der Waals surface area contributed by atoms with E-state index in [9.17, 15) is 14.4 Å². The maximum Gasteiger partial charge on any atom is 0.267 e. The molecule has 7 heteroatoms. The molecule has 1 aromatic rings. The lowest BCUT2D eigenvalue weighted by Gasteiger charge is -2.26. The third kappa shape index (κ3) is 4.28. The van der Waals surface area contributed by atoms with Crippen molar-refractivity contribution in [3.05, 3.63) is 35.4 Å². The highest BCUT2D eigenvalue weighted by Gasteiger charge is 2.22. The van der Waals surface area contributed by atoms with Gasteiger partial charge in [0.15, 0.2) is 0 Å². The van der Waals surface area contributed by atoms with Gasteiger partial charge in [0.05, 0.1) is 0 Å². The Bertz CT molecular complexity index is 721. The Labute approximate surface area is 153 Å². The second kappa shape index (κ2) is 8.12. The van der Waals surface area contributed by atoms with Crippen molar-refractivity contribution in [3.8, 4) is 0 Å². The molecule has 1 aromatic carbocycles. The highest BCUT2D eigenvalue weighted by Crippen LogP contribution is 2.14. The van der Waals surface area contributed by atoms with Gasteiger partial charge in [0.25, 0.3) is 11.8 Å². The summed E-state index contributed by atoms with van der Waals surface area (Å²) in [5.41, 5.74) is 1.96. The first kappa shape index (κ1) is 18.1. The van der Waals surface area contributed by atoms with E-state index in [1.165, 1.54) is 11.4 Å². The first-order chi connectivity index (χ1) is 12.5. The standard InChI is InChI=1S/C19H24N4O3/c1-22-17(24)10-9-16(21-22)18(25)20-13-14-5-7-15(8-6-14)19(26)23-11-3-2-4-12-23/h5-8H,2-4,9-13H2,1H3,(H,20,25). The normalized spacial score (nSPS) is 17.7. The number of benzene rings is 1. The van der Waals surface area contributed by atoms with Gasteiger partial charge in [-0.25, -0.2) is 5.01 Å². The molecule has 2 aliphatic rings. The minimum Gasteiger partial charge on any atom is -0.347 e. The van der Waals surface area contributed by atoms with Gasteiger partial charge >= 0.3 is 0 Å². The Morgan fingerprint density at radius 2 is 1.77 bits per heavy atom. The third-order valence-electron chi connectivity index (χ3n) is 4.77. The molecule has 1 saturated heterocycles. The molecular formula is C19H24N4O3. The zero-order valence-electron chi connectivity index (χ0n) is 15.0. The molecule has 0 aromatic heterocycles. The van der Waals surface area contributed by atoms with Crippen molar-refractivity contribution in [2.24, 2.45) is 5.10 Å². The average molecular weight is 356 g/mol. The van der Waals surface area contributed by atoms with Crippen LogP contribution in [0.4, 0.5) is 0 Å². The first-order valence-corrected chi connectivity index (χ1v) is 9.05. The van der Waals surface area contributed by atoms with Crippen LogP contribution >= 0.6 is 0 Å². The van der Waals surface area contributed by atoms with Crippen LogP contribution in [0.1, 0.15) is 48.0 Å². The number of amides is 3. The lowest BCUT2D eigenvalue weighted by molar-refractivity contribution is -0.130. The molecule has 0 aliphatic carbocycles. The SMILES string of the molecule is CN1N=C(C(=O)NCc2ccc(C(=O)N3CCCCC3)cc2)CCC1=O. The Hall–Kier alpha value is -2.70. The molecule has 0 radical (unpaired) electrons. The summed E-state index contributed by atoms with van der Waals surface area (Å²) in [5, 5.41) is 8.02. The van der Waals surface area contributed by atoms with Gasteiger partial charge < -0.3 is 10.2 Å². The number of likely N-dealkylation sites (tertiary alicyclic amines) is 1. The molecule has 26 heavy (non-hydrogen) atoms. The van der Waals surface area contributed by atoms with Crippen molar-refractivity contribution in [1.29, 1.82) is 0 Å². The molecule has 0 atom stereocenters. The maximum atomic E-state index is 12.4. The van der Waals surface area contributed by atoms with Crippen molar-refractivity contribution in [2.75, 3.05) is 20.1 Å². The van der Waals surface area contributed by atoms with Crippen LogP contribution in [0.5, 0.6) is 0 Å². The number of piperidine rings is 1. The summed E-state index contributed by atoms with van der Waals surface area (Å²) in [4.78, 5) is 37.9. The zero-order chi connectivity index (χ0) is 18.5. The summed E-state index contributed by atoms with van der Waals surface area (Å²) in [6.07, 6.45) is 3.99. The lowest BCUT2D eigenvalue weighted by Crippen LogP contribution is -2.37. The van der Waals surface area contributed by atoms with Crippen LogP contribution in [0.15, 0.2) is 29.4 Å². The number of hydrogen-bond donors (Lipinski definition) is 1. The smallest absolute Gasteiger partial charge is 0.267 e. The Morgan fingerprint density at radius 1 is 1.08 bits per heavy atom. The Kier molecular flexibility index (Phi) is 5.65. The van der Waals surface area contributed by atoms with Crippen molar-refractivity contribution in [2.45, 2.75) is 38.6 Å². The van der Waals surface area contributed by atoms with Crippen LogP contribution in [-0.2, 0) is 16.1 Å². The number of nitrogens with zero attached hydrogens (tertiary/aromatic N) is 3. The number of rotatable bonds is 4. The molecule has 7 nitrogen and oxygen atoms in total. The monoisotopic (exact) mass is 356 g/mol. The highest BCUT2D eigenvalue weighted by molar-refractivity contribution is 6.39. The van der Waals surface area contributed by atoms with Gasteiger partial charge in [0.1, 0.15) is 5.71 Å². The van der Waals surface area contributed by atoms with E-state index in [-0.39, 0.29) is 17.7 Å². The summed E-state index contributed by atoms with van der Waals surface area (Å²) in [7, 11) is 1.55. The molecule has 138 valence electrons. The van der Waals surface area contributed by atoms with Crippen molar-refractivity contribution in [3.63, 3.8) is 0 Å². The summed E-state index contributed by atoms with van der Waals surface area (Å²) >= 11 is 0. The molecular weight excluding hydrogens is 332 g/mol. The zero-order valence-corrected chi connectivity index (χ0v) is 15.0. The minimum atomic E-state index is -0.266. The van der Waals surface area contributed by atoms with Crippen molar-refractivity contribution < 1.29 is 14.4 Å². The second-order valence-electron chi connectivity index (χ2n) is 6.70. The minimum absolute atomic E-state index is 0.0737. The van der Waals surface area contributed by atoms with Gasteiger partial charge in [0, 0.05) is 45.1 Å². The van der Waals surface area contributed by atoms with E-state index >= 15 is 0 Å². The van der Waals surface area contributed by atoms with Crippen LogP contribution in [0.25, 0.3) is 0 Å². The fourth-order valence-corrected chi connectivity index (χ4v) is 3.16. The van der Waals surface area contributed by atoms with Crippen molar-refractivity contribution in [1.82, 2.24) is 15.2 Å². The molecule has 0 spiro atoms. The topological polar surface area (TPSA) is 82.1 Å². The molecule has 3 amide bonds. The average Bonchev–Trinajstić information content (AvgIpc) is 2.68. The van der Waals surface area contributed by atoms with E-state index in [0.717, 1.165) is 31.5 Å². The predicted molar refractivity (Wildman–Crippen MR) is 97.5 cm³/mol. The molecule has 0 bridgehead atoms. The van der Waals surface area contributed by atoms with Gasteiger partial charge in [-0.05, 0) is 37.0 Å².